The number of carboxylic acid groups (broad SMARTS) is 1. The maximum atomic E-state index is 12.8. The van der Waals surface area contributed by atoms with Gasteiger partial charge in [0.05, 0.1) is 6.42 Å². The summed E-state index contributed by atoms with van der Waals surface area (Å²) < 4.78 is 12.8. The van der Waals surface area contributed by atoms with Crippen molar-refractivity contribution in [3.8, 4) is 0 Å². The second kappa shape index (κ2) is 4.41. The van der Waals surface area contributed by atoms with Crippen LogP contribution < -0.4 is 5.73 Å². The van der Waals surface area contributed by atoms with Crippen molar-refractivity contribution in [1.29, 1.82) is 0 Å². The summed E-state index contributed by atoms with van der Waals surface area (Å²) in [7, 11) is 0. The Morgan fingerprint density at radius 3 is 2.79 bits per heavy atom. The molecule has 0 unspecified atom stereocenters. The zero-order chi connectivity index (χ0) is 10.6. The first kappa shape index (κ1) is 10.2. The number of rotatable bonds is 3. The van der Waals surface area contributed by atoms with Crippen molar-refractivity contribution in [3.05, 3.63) is 35.7 Å². The summed E-state index contributed by atoms with van der Waals surface area (Å²) in [5, 5.41) is 8.35. The highest BCUT2D eigenvalue weighted by molar-refractivity contribution is 5.70. The molecule has 0 saturated heterocycles. The monoisotopic (exact) mass is 195 g/mol. The van der Waals surface area contributed by atoms with Gasteiger partial charge in [0.2, 0.25) is 0 Å². The van der Waals surface area contributed by atoms with Crippen LogP contribution in [0.1, 0.15) is 12.0 Å². The Balaban J connectivity index is 2.76. The summed E-state index contributed by atoms with van der Waals surface area (Å²) in [5.74, 6) is -1.36. The molecule has 0 amide bonds. The highest BCUT2D eigenvalue weighted by atomic mass is 19.1. The Morgan fingerprint density at radius 2 is 2.21 bits per heavy atom. The van der Waals surface area contributed by atoms with E-state index in [1.54, 1.807) is 6.07 Å². The van der Waals surface area contributed by atoms with Gasteiger partial charge in [-0.2, -0.15) is 0 Å². The Kier molecular flexibility index (Phi) is 3.23. The van der Waals surface area contributed by atoms with Gasteiger partial charge in [0, 0.05) is 5.69 Å². The molecule has 0 aliphatic heterocycles. The molecular formula is C10H10FNO2. The fourth-order valence-electron chi connectivity index (χ4n) is 1.03. The van der Waals surface area contributed by atoms with E-state index in [4.69, 9.17) is 10.8 Å². The van der Waals surface area contributed by atoms with Crippen molar-refractivity contribution in [3.63, 3.8) is 0 Å². The SMILES string of the molecule is Nc1cc(F)cc(C=CCC(=O)O)c1. The van der Waals surface area contributed by atoms with E-state index in [0.29, 0.717) is 11.3 Å². The van der Waals surface area contributed by atoms with Crippen LogP contribution >= 0.6 is 0 Å². The smallest absolute Gasteiger partial charge is 0.307 e. The Morgan fingerprint density at radius 1 is 1.50 bits per heavy atom. The third kappa shape index (κ3) is 3.26. The number of nitrogen functional groups attached to an aromatic ring is 1. The molecule has 0 saturated carbocycles. The van der Waals surface area contributed by atoms with Crippen LogP contribution in [0.15, 0.2) is 24.3 Å². The highest BCUT2D eigenvalue weighted by Crippen LogP contribution is 2.12. The first-order chi connectivity index (χ1) is 6.58. The summed E-state index contributed by atoms with van der Waals surface area (Å²) in [6, 6.07) is 4.06. The average Bonchev–Trinajstić information content (AvgIpc) is 2.01. The van der Waals surface area contributed by atoms with Gasteiger partial charge in [-0.1, -0.05) is 12.2 Å². The van der Waals surface area contributed by atoms with Gasteiger partial charge in [-0.25, -0.2) is 4.39 Å². The molecule has 0 atom stereocenters. The number of benzene rings is 1. The summed E-state index contributed by atoms with van der Waals surface area (Å²) >= 11 is 0. The molecule has 74 valence electrons. The second-order valence-corrected chi connectivity index (χ2v) is 2.82. The normalized spacial score (nSPS) is 10.6. The van der Waals surface area contributed by atoms with Gasteiger partial charge < -0.3 is 10.8 Å². The molecule has 0 aliphatic carbocycles. The summed E-state index contributed by atoms with van der Waals surface area (Å²) in [6.45, 7) is 0. The second-order valence-electron chi connectivity index (χ2n) is 2.82. The van der Waals surface area contributed by atoms with Crippen molar-refractivity contribution >= 4 is 17.7 Å². The van der Waals surface area contributed by atoms with Gasteiger partial charge in [0.25, 0.3) is 0 Å². The summed E-state index contributed by atoms with van der Waals surface area (Å²) in [5.41, 5.74) is 6.28. The molecule has 0 aromatic heterocycles. The van der Waals surface area contributed by atoms with Gasteiger partial charge in [-0.3, -0.25) is 4.79 Å². The first-order valence-corrected chi connectivity index (χ1v) is 4.02. The molecule has 4 heteroatoms. The lowest BCUT2D eigenvalue weighted by atomic mass is 10.1. The molecular weight excluding hydrogens is 185 g/mol. The van der Waals surface area contributed by atoms with Crippen LogP contribution in [0.25, 0.3) is 6.08 Å². The molecule has 0 spiro atoms. The molecule has 1 aromatic carbocycles. The molecule has 0 heterocycles. The lowest BCUT2D eigenvalue weighted by molar-refractivity contribution is -0.135. The molecule has 3 nitrogen and oxygen atoms in total. The maximum absolute atomic E-state index is 12.8. The zero-order valence-corrected chi connectivity index (χ0v) is 7.40. The van der Waals surface area contributed by atoms with Crippen molar-refractivity contribution in [2.45, 2.75) is 6.42 Å². The standard InChI is InChI=1S/C10H10FNO2/c11-8-4-7(5-9(12)6-8)2-1-3-10(13)14/h1-2,4-6H,3,12H2,(H,13,14). The van der Waals surface area contributed by atoms with Crippen molar-refractivity contribution in [2.75, 3.05) is 5.73 Å². The van der Waals surface area contributed by atoms with E-state index in [1.165, 1.54) is 24.3 Å². The van der Waals surface area contributed by atoms with Gasteiger partial charge in [-0.05, 0) is 23.8 Å². The van der Waals surface area contributed by atoms with Crippen molar-refractivity contribution in [1.82, 2.24) is 0 Å². The van der Waals surface area contributed by atoms with Gasteiger partial charge in [0.1, 0.15) is 5.82 Å². The van der Waals surface area contributed by atoms with Crippen LogP contribution in [0.4, 0.5) is 10.1 Å². The maximum Gasteiger partial charge on any atom is 0.307 e. The first-order valence-electron chi connectivity index (χ1n) is 4.02. The molecule has 14 heavy (non-hydrogen) atoms. The number of hydrogen-bond acceptors (Lipinski definition) is 2. The Bertz CT molecular complexity index is 354. The molecule has 3 N–H and O–H groups in total. The number of carbonyl (C=O) groups is 1. The van der Waals surface area contributed by atoms with Crippen LogP contribution in [0, 0.1) is 5.82 Å². The topological polar surface area (TPSA) is 63.3 Å². The lowest BCUT2D eigenvalue weighted by Gasteiger charge is -1.96. The number of halogens is 1. The fourth-order valence-corrected chi connectivity index (χ4v) is 1.03. The van der Waals surface area contributed by atoms with Crippen LogP contribution in [0.3, 0.4) is 0 Å². The van der Waals surface area contributed by atoms with Crippen LogP contribution in [0.2, 0.25) is 0 Å². The van der Waals surface area contributed by atoms with Crippen molar-refractivity contribution < 1.29 is 14.3 Å². The van der Waals surface area contributed by atoms with Crippen LogP contribution in [-0.4, -0.2) is 11.1 Å². The molecule has 1 aromatic rings. The molecule has 0 bridgehead atoms. The quantitative estimate of drug-likeness (QED) is 0.724. The van der Waals surface area contributed by atoms with Crippen LogP contribution in [-0.2, 0) is 4.79 Å². The third-order valence-corrected chi connectivity index (χ3v) is 1.55. The van der Waals surface area contributed by atoms with Gasteiger partial charge in [-0.15, -0.1) is 0 Å². The van der Waals surface area contributed by atoms with E-state index in [0.717, 1.165) is 0 Å². The summed E-state index contributed by atoms with van der Waals surface area (Å²) in [4.78, 5) is 10.2. The Hall–Kier alpha value is -1.84. The highest BCUT2D eigenvalue weighted by Gasteiger charge is 1.95. The van der Waals surface area contributed by atoms with E-state index in [-0.39, 0.29) is 6.42 Å². The Labute approximate surface area is 80.7 Å². The minimum atomic E-state index is -0.925. The molecule has 0 aliphatic rings. The van der Waals surface area contributed by atoms with Gasteiger partial charge in [0.15, 0.2) is 0 Å². The van der Waals surface area contributed by atoms with Crippen LogP contribution in [0.5, 0.6) is 0 Å². The van der Waals surface area contributed by atoms with Gasteiger partial charge >= 0.3 is 5.97 Å². The van der Waals surface area contributed by atoms with Crippen molar-refractivity contribution in [2.24, 2.45) is 0 Å². The van der Waals surface area contributed by atoms with E-state index in [1.807, 2.05) is 0 Å². The summed E-state index contributed by atoms with van der Waals surface area (Å²) in [6.07, 6.45) is 2.88. The van der Waals surface area contributed by atoms with E-state index in [2.05, 4.69) is 0 Å². The molecule has 0 fully saturated rings. The lowest BCUT2D eigenvalue weighted by Crippen LogP contribution is -1.90. The number of aliphatic carboxylic acids is 1. The largest absolute Gasteiger partial charge is 0.481 e. The number of anilines is 1. The van der Waals surface area contributed by atoms with E-state index in [9.17, 15) is 9.18 Å². The van der Waals surface area contributed by atoms with E-state index < -0.39 is 11.8 Å². The minimum absolute atomic E-state index is 0.0869. The number of nitrogens with two attached hydrogens (primary N) is 1. The number of hydrogen-bond donors (Lipinski definition) is 2. The zero-order valence-electron chi connectivity index (χ0n) is 7.40. The predicted octanol–water partition coefficient (Wildman–Crippen LogP) is 1.90. The molecule has 1 rings (SSSR count). The predicted molar refractivity (Wildman–Crippen MR) is 52.1 cm³/mol. The molecule has 0 radical (unpaired) electrons. The average molecular weight is 195 g/mol. The fraction of sp³-hybridized carbons (Fsp3) is 0.100. The third-order valence-electron chi connectivity index (χ3n) is 1.55. The van der Waals surface area contributed by atoms with E-state index >= 15 is 0 Å². The number of carboxylic acids is 1. The minimum Gasteiger partial charge on any atom is -0.481 e.